The highest BCUT2D eigenvalue weighted by Gasteiger charge is 2.24. The monoisotopic (exact) mass is 490 g/mol. The lowest BCUT2D eigenvalue weighted by Gasteiger charge is -2.30. The first-order chi connectivity index (χ1) is 12.3. The van der Waals surface area contributed by atoms with Crippen LogP contribution in [0.2, 0.25) is 0 Å². The van der Waals surface area contributed by atoms with Crippen LogP contribution >= 0.6 is 24.0 Å². The highest BCUT2D eigenvalue weighted by atomic mass is 127. The van der Waals surface area contributed by atoms with E-state index in [1.807, 2.05) is 0 Å². The van der Waals surface area contributed by atoms with E-state index in [1.54, 1.807) is 14.2 Å². The van der Waals surface area contributed by atoms with Gasteiger partial charge in [-0.05, 0) is 29.6 Å². The van der Waals surface area contributed by atoms with Crippen LogP contribution < -0.4 is 10.6 Å². The zero-order chi connectivity index (χ0) is 19.6. The molecule has 0 radical (unpaired) electrons. The molecular weight excluding hydrogens is 451 g/mol. The van der Waals surface area contributed by atoms with Crippen molar-refractivity contribution < 1.29 is 4.74 Å². The summed E-state index contributed by atoms with van der Waals surface area (Å²) >= 11 is 0. The predicted molar refractivity (Wildman–Crippen MR) is 127 cm³/mol. The van der Waals surface area contributed by atoms with E-state index in [1.165, 1.54) is 11.1 Å². The predicted octanol–water partition coefficient (Wildman–Crippen LogP) is 3.87. The molecule has 0 aromatic heterocycles. The molecule has 1 atom stereocenters. The zero-order valence-corrected chi connectivity index (χ0v) is 20.5. The third kappa shape index (κ3) is 9.76. The number of benzene rings is 1. The molecule has 0 heterocycles. The maximum Gasteiger partial charge on any atom is 0.191 e. The summed E-state index contributed by atoms with van der Waals surface area (Å²) in [4.78, 5) is 6.74. The van der Waals surface area contributed by atoms with Gasteiger partial charge in [-0.1, -0.05) is 58.9 Å². The van der Waals surface area contributed by atoms with Gasteiger partial charge in [0.05, 0.1) is 6.10 Å². The molecule has 1 aromatic carbocycles. The van der Waals surface area contributed by atoms with Crippen molar-refractivity contribution >= 4 is 29.9 Å². The van der Waals surface area contributed by atoms with Gasteiger partial charge in [0, 0.05) is 33.8 Å². The van der Waals surface area contributed by atoms with Gasteiger partial charge < -0.3 is 15.4 Å². The first-order valence-corrected chi connectivity index (χ1v) is 9.61. The quantitative estimate of drug-likeness (QED) is 0.314. The second-order valence-corrected chi connectivity index (χ2v) is 7.68. The van der Waals surface area contributed by atoms with Crippen molar-refractivity contribution in [3.8, 4) is 0 Å². The van der Waals surface area contributed by atoms with Gasteiger partial charge in [0.15, 0.2) is 5.96 Å². The zero-order valence-electron chi connectivity index (χ0n) is 18.1. The van der Waals surface area contributed by atoms with Crippen molar-refractivity contribution in [2.24, 2.45) is 10.4 Å². The Morgan fingerprint density at radius 3 is 2.30 bits per heavy atom. The van der Waals surface area contributed by atoms with Crippen molar-refractivity contribution in [1.82, 2.24) is 15.5 Å². The molecule has 1 rings (SSSR count). The van der Waals surface area contributed by atoms with Gasteiger partial charge in [-0.25, -0.2) is 0 Å². The van der Waals surface area contributed by atoms with Crippen LogP contribution in [0.1, 0.15) is 45.7 Å². The molecule has 0 aliphatic heterocycles. The SMILES string of the molecule is CCN(CC)Cc1cccc(CNC(=NC)NCC(OC)C(C)(C)C)c1.I. The van der Waals surface area contributed by atoms with E-state index < -0.39 is 0 Å². The van der Waals surface area contributed by atoms with Crippen molar-refractivity contribution in [2.45, 2.75) is 53.8 Å². The molecule has 0 saturated heterocycles. The standard InChI is InChI=1S/C21H38N4O.HI/c1-8-25(9-2)16-18-12-10-11-17(13-18)14-23-20(22-6)24-15-19(26-7)21(3,4)5;/h10-13,19H,8-9,14-16H2,1-7H3,(H2,22,23,24);1H. The highest BCUT2D eigenvalue weighted by molar-refractivity contribution is 14.0. The molecular formula is C21H39IN4O. The second kappa shape index (κ2) is 13.3. The Hall–Kier alpha value is -0.860. The van der Waals surface area contributed by atoms with Crippen LogP contribution in [0.3, 0.4) is 0 Å². The lowest BCUT2D eigenvalue weighted by atomic mass is 9.89. The molecule has 27 heavy (non-hydrogen) atoms. The van der Waals surface area contributed by atoms with Gasteiger partial charge >= 0.3 is 0 Å². The molecule has 0 saturated carbocycles. The van der Waals surface area contributed by atoms with Gasteiger partial charge in [-0.2, -0.15) is 0 Å². The Morgan fingerprint density at radius 1 is 1.15 bits per heavy atom. The number of methoxy groups -OCH3 is 1. The lowest BCUT2D eigenvalue weighted by molar-refractivity contribution is 0.0205. The average molecular weight is 490 g/mol. The molecule has 0 spiro atoms. The minimum Gasteiger partial charge on any atom is -0.379 e. The van der Waals surface area contributed by atoms with Crippen molar-refractivity contribution in [2.75, 3.05) is 33.8 Å². The minimum absolute atomic E-state index is 0. The molecule has 0 bridgehead atoms. The average Bonchev–Trinajstić information content (AvgIpc) is 2.62. The number of ether oxygens (including phenoxy) is 1. The summed E-state index contributed by atoms with van der Waals surface area (Å²) in [5.74, 6) is 0.797. The number of nitrogens with zero attached hydrogens (tertiary/aromatic N) is 2. The van der Waals surface area contributed by atoms with Crippen LogP contribution in [0.5, 0.6) is 0 Å². The summed E-state index contributed by atoms with van der Waals surface area (Å²) in [5, 5.41) is 6.76. The number of rotatable bonds is 9. The molecule has 0 amide bonds. The van der Waals surface area contributed by atoms with E-state index >= 15 is 0 Å². The molecule has 156 valence electrons. The summed E-state index contributed by atoms with van der Waals surface area (Å²) in [6, 6.07) is 8.75. The number of nitrogens with one attached hydrogen (secondary N) is 2. The summed E-state index contributed by atoms with van der Waals surface area (Å²) in [5.41, 5.74) is 2.69. The highest BCUT2D eigenvalue weighted by Crippen LogP contribution is 2.20. The van der Waals surface area contributed by atoms with Gasteiger partial charge in [-0.3, -0.25) is 9.89 Å². The Balaban J connectivity index is 0.00000676. The van der Waals surface area contributed by atoms with E-state index in [9.17, 15) is 0 Å². The molecule has 2 N–H and O–H groups in total. The van der Waals surface area contributed by atoms with Crippen molar-refractivity contribution in [3.05, 3.63) is 35.4 Å². The van der Waals surface area contributed by atoms with Crippen LogP contribution in [0.25, 0.3) is 0 Å². The van der Waals surface area contributed by atoms with Gasteiger partial charge in [0.1, 0.15) is 0 Å². The van der Waals surface area contributed by atoms with Crippen LogP contribution in [0.4, 0.5) is 0 Å². The summed E-state index contributed by atoms with van der Waals surface area (Å²) in [6.07, 6.45) is 0.124. The summed E-state index contributed by atoms with van der Waals surface area (Å²) in [7, 11) is 3.56. The van der Waals surface area contributed by atoms with Crippen LogP contribution in [-0.2, 0) is 17.8 Å². The van der Waals surface area contributed by atoms with Crippen LogP contribution in [-0.4, -0.2) is 50.8 Å². The minimum atomic E-state index is 0. The second-order valence-electron chi connectivity index (χ2n) is 7.68. The number of halogens is 1. The maximum absolute atomic E-state index is 5.60. The molecule has 0 aliphatic carbocycles. The lowest BCUT2D eigenvalue weighted by Crippen LogP contribution is -2.45. The first-order valence-electron chi connectivity index (χ1n) is 9.61. The van der Waals surface area contributed by atoms with E-state index in [0.717, 1.165) is 38.7 Å². The fourth-order valence-corrected chi connectivity index (χ4v) is 2.88. The third-order valence-corrected chi connectivity index (χ3v) is 4.68. The molecule has 1 unspecified atom stereocenters. The summed E-state index contributed by atoms with van der Waals surface area (Å²) < 4.78 is 5.60. The molecule has 1 aromatic rings. The molecule has 6 heteroatoms. The summed E-state index contributed by atoms with van der Waals surface area (Å²) in [6.45, 7) is 15.6. The van der Waals surface area contributed by atoms with Crippen molar-refractivity contribution in [3.63, 3.8) is 0 Å². The third-order valence-electron chi connectivity index (χ3n) is 4.68. The Labute approximate surface area is 183 Å². The van der Waals surface area contributed by atoms with Crippen LogP contribution in [0, 0.1) is 5.41 Å². The Morgan fingerprint density at radius 2 is 1.78 bits per heavy atom. The number of hydrogen-bond acceptors (Lipinski definition) is 3. The number of hydrogen-bond donors (Lipinski definition) is 2. The molecule has 5 nitrogen and oxygen atoms in total. The Kier molecular flexibility index (Phi) is 12.9. The van der Waals surface area contributed by atoms with E-state index in [0.29, 0.717) is 0 Å². The largest absolute Gasteiger partial charge is 0.379 e. The topological polar surface area (TPSA) is 48.9 Å². The first kappa shape index (κ1) is 26.1. The van der Waals surface area contributed by atoms with Gasteiger partial charge in [0.2, 0.25) is 0 Å². The van der Waals surface area contributed by atoms with E-state index in [4.69, 9.17) is 4.74 Å². The van der Waals surface area contributed by atoms with Crippen molar-refractivity contribution in [1.29, 1.82) is 0 Å². The Bertz CT molecular complexity index is 553. The fourth-order valence-electron chi connectivity index (χ4n) is 2.88. The maximum atomic E-state index is 5.60. The smallest absolute Gasteiger partial charge is 0.191 e. The van der Waals surface area contributed by atoms with E-state index in [2.05, 4.69) is 79.4 Å². The van der Waals surface area contributed by atoms with E-state index in [-0.39, 0.29) is 35.5 Å². The number of guanidine groups is 1. The molecule has 0 aliphatic rings. The van der Waals surface area contributed by atoms with Crippen LogP contribution in [0.15, 0.2) is 29.3 Å². The molecule has 0 fully saturated rings. The fraction of sp³-hybridized carbons (Fsp3) is 0.667. The normalized spacial score (nSPS) is 13.3. The van der Waals surface area contributed by atoms with Gasteiger partial charge in [-0.15, -0.1) is 24.0 Å². The number of aliphatic imine (C=N–C) groups is 1. The van der Waals surface area contributed by atoms with Gasteiger partial charge in [0.25, 0.3) is 0 Å².